The molecule has 0 amide bonds. The van der Waals surface area contributed by atoms with Crippen LogP contribution in [0.25, 0.3) is 0 Å². The van der Waals surface area contributed by atoms with Crippen LogP contribution in [-0.2, 0) is 20.7 Å². The van der Waals surface area contributed by atoms with E-state index in [1.807, 2.05) is 12.1 Å². The molecule has 0 spiro atoms. The van der Waals surface area contributed by atoms with Gasteiger partial charge in [-0.3, -0.25) is 4.79 Å². The first-order chi connectivity index (χ1) is 10.5. The predicted molar refractivity (Wildman–Crippen MR) is 80.7 cm³/mol. The van der Waals surface area contributed by atoms with Crippen molar-refractivity contribution in [3.63, 3.8) is 0 Å². The lowest BCUT2D eigenvalue weighted by atomic mass is 10.1. The van der Waals surface area contributed by atoms with Gasteiger partial charge in [0.05, 0.1) is 6.61 Å². The zero-order valence-electron chi connectivity index (χ0n) is 12.8. The Kier molecular flexibility index (Phi) is 5.20. The summed E-state index contributed by atoms with van der Waals surface area (Å²) in [7, 11) is 0. The Morgan fingerprint density at radius 3 is 2.50 bits per heavy atom. The van der Waals surface area contributed by atoms with Gasteiger partial charge >= 0.3 is 5.97 Å². The molecule has 0 saturated carbocycles. The van der Waals surface area contributed by atoms with Crippen LogP contribution in [0.3, 0.4) is 0 Å². The SMILES string of the molecule is CC(C)CCOc1ccc(CC(O)=C2C(=O)COC2=O)cc1. The fourth-order valence-electron chi connectivity index (χ4n) is 2.07. The number of ether oxygens (including phenoxy) is 2. The summed E-state index contributed by atoms with van der Waals surface area (Å²) < 4.78 is 10.2. The smallest absolute Gasteiger partial charge is 0.345 e. The number of cyclic esters (lactones) is 1. The minimum Gasteiger partial charge on any atom is -0.511 e. The van der Waals surface area contributed by atoms with E-state index in [1.54, 1.807) is 12.1 Å². The van der Waals surface area contributed by atoms with Crippen LogP contribution in [-0.4, -0.2) is 30.1 Å². The molecule has 1 aliphatic rings. The maximum Gasteiger partial charge on any atom is 0.345 e. The highest BCUT2D eigenvalue weighted by molar-refractivity contribution is 6.22. The van der Waals surface area contributed by atoms with E-state index in [2.05, 4.69) is 18.6 Å². The van der Waals surface area contributed by atoms with E-state index in [-0.39, 0.29) is 24.4 Å². The lowest BCUT2D eigenvalue weighted by Crippen LogP contribution is -2.07. The maximum atomic E-state index is 11.5. The number of benzene rings is 1. The van der Waals surface area contributed by atoms with Crippen molar-refractivity contribution in [2.24, 2.45) is 5.92 Å². The van der Waals surface area contributed by atoms with E-state index in [0.29, 0.717) is 12.5 Å². The zero-order chi connectivity index (χ0) is 16.1. The second-order valence-corrected chi connectivity index (χ2v) is 5.67. The topological polar surface area (TPSA) is 72.8 Å². The molecule has 1 aliphatic heterocycles. The fourth-order valence-corrected chi connectivity index (χ4v) is 2.07. The number of ketones is 1. The summed E-state index contributed by atoms with van der Waals surface area (Å²) in [5.41, 5.74) is 0.547. The maximum absolute atomic E-state index is 11.5. The van der Waals surface area contributed by atoms with Crippen LogP contribution < -0.4 is 4.74 Å². The number of hydrogen-bond donors (Lipinski definition) is 1. The predicted octanol–water partition coefficient (Wildman–Crippen LogP) is 2.59. The monoisotopic (exact) mass is 304 g/mol. The molecule has 0 radical (unpaired) electrons. The van der Waals surface area contributed by atoms with Crippen molar-refractivity contribution in [3.05, 3.63) is 41.2 Å². The average molecular weight is 304 g/mol. The lowest BCUT2D eigenvalue weighted by molar-refractivity contribution is -0.135. The number of aliphatic hydroxyl groups is 1. The highest BCUT2D eigenvalue weighted by Gasteiger charge is 2.31. The first kappa shape index (κ1) is 16.1. The van der Waals surface area contributed by atoms with Crippen molar-refractivity contribution in [3.8, 4) is 5.75 Å². The molecule has 1 aromatic carbocycles. The van der Waals surface area contributed by atoms with Crippen LogP contribution in [0, 0.1) is 5.92 Å². The number of carbonyl (C=O) groups is 2. The first-order valence-electron chi connectivity index (χ1n) is 7.31. The van der Waals surface area contributed by atoms with E-state index in [9.17, 15) is 14.7 Å². The molecule has 1 N–H and O–H groups in total. The third-order valence-electron chi connectivity index (χ3n) is 3.36. The quantitative estimate of drug-likeness (QED) is 0.378. The molecule has 5 heteroatoms. The molecule has 0 aliphatic carbocycles. The molecule has 1 heterocycles. The van der Waals surface area contributed by atoms with Gasteiger partial charge in [0, 0.05) is 6.42 Å². The second-order valence-electron chi connectivity index (χ2n) is 5.67. The highest BCUT2D eigenvalue weighted by Crippen LogP contribution is 2.19. The Bertz CT molecular complexity index is 566. The van der Waals surface area contributed by atoms with Gasteiger partial charge in [-0.05, 0) is 30.0 Å². The van der Waals surface area contributed by atoms with Crippen LogP contribution in [0.5, 0.6) is 5.75 Å². The van der Waals surface area contributed by atoms with Gasteiger partial charge in [0.2, 0.25) is 5.78 Å². The number of esters is 1. The number of hydrogen-bond acceptors (Lipinski definition) is 5. The van der Waals surface area contributed by atoms with Crippen LogP contribution in [0.15, 0.2) is 35.6 Å². The van der Waals surface area contributed by atoms with Crippen LogP contribution in [0.4, 0.5) is 0 Å². The third kappa shape index (κ3) is 4.10. The summed E-state index contributed by atoms with van der Waals surface area (Å²) in [6.07, 6.45) is 1.10. The molecular weight excluding hydrogens is 284 g/mol. The standard InChI is InChI=1S/C17H20O5/c1-11(2)7-8-21-13-5-3-12(4-6-13)9-14(18)16-15(19)10-22-17(16)20/h3-6,11,18H,7-10H2,1-2H3. The molecule has 1 fully saturated rings. The van der Waals surface area contributed by atoms with Gasteiger partial charge in [-0.1, -0.05) is 26.0 Å². The molecule has 0 unspecified atom stereocenters. The summed E-state index contributed by atoms with van der Waals surface area (Å²) >= 11 is 0. The number of Topliss-reactive ketones (excluding diaryl/α,β-unsaturated/α-hetero) is 1. The number of allylic oxidation sites excluding steroid dienone is 1. The molecule has 0 aromatic heterocycles. The van der Waals surface area contributed by atoms with Crippen molar-refractivity contribution in [1.29, 1.82) is 0 Å². The number of carbonyl (C=O) groups excluding carboxylic acids is 2. The van der Waals surface area contributed by atoms with Crippen molar-refractivity contribution < 1.29 is 24.2 Å². The Morgan fingerprint density at radius 1 is 1.27 bits per heavy atom. The number of aliphatic hydroxyl groups excluding tert-OH is 1. The largest absolute Gasteiger partial charge is 0.511 e. The molecule has 22 heavy (non-hydrogen) atoms. The van der Waals surface area contributed by atoms with Gasteiger partial charge < -0.3 is 14.6 Å². The molecule has 2 rings (SSSR count). The summed E-state index contributed by atoms with van der Waals surface area (Å²) in [5.74, 6) is -0.132. The highest BCUT2D eigenvalue weighted by atomic mass is 16.5. The van der Waals surface area contributed by atoms with Gasteiger partial charge in [-0.25, -0.2) is 4.79 Å². The Balaban J connectivity index is 1.98. The minimum absolute atomic E-state index is 0.114. The van der Waals surface area contributed by atoms with Crippen LogP contribution in [0.2, 0.25) is 0 Å². The van der Waals surface area contributed by atoms with Gasteiger partial charge in [-0.15, -0.1) is 0 Å². The molecular formula is C17H20O5. The first-order valence-corrected chi connectivity index (χ1v) is 7.31. The second kappa shape index (κ2) is 7.11. The normalized spacial score (nSPS) is 16.9. The van der Waals surface area contributed by atoms with E-state index in [0.717, 1.165) is 17.7 Å². The molecule has 0 atom stereocenters. The third-order valence-corrected chi connectivity index (χ3v) is 3.36. The van der Waals surface area contributed by atoms with Crippen molar-refractivity contribution in [2.75, 3.05) is 13.2 Å². The molecule has 5 nitrogen and oxygen atoms in total. The van der Waals surface area contributed by atoms with Crippen molar-refractivity contribution >= 4 is 11.8 Å². The minimum atomic E-state index is -0.754. The van der Waals surface area contributed by atoms with E-state index >= 15 is 0 Å². The van der Waals surface area contributed by atoms with Crippen molar-refractivity contribution in [1.82, 2.24) is 0 Å². The lowest BCUT2D eigenvalue weighted by Gasteiger charge is -2.09. The molecule has 1 aromatic rings. The van der Waals surface area contributed by atoms with Gasteiger partial charge in [0.25, 0.3) is 0 Å². The summed E-state index contributed by atoms with van der Waals surface area (Å²) in [6, 6.07) is 7.21. The van der Waals surface area contributed by atoms with E-state index in [4.69, 9.17) is 4.74 Å². The van der Waals surface area contributed by atoms with Gasteiger partial charge in [-0.2, -0.15) is 0 Å². The molecule has 118 valence electrons. The summed E-state index contributed by atoms with van der Waals surface area (Å²) in [5, 5.41) is 9.94. The Hall–Kier alpha value is -2.30. The van der Waals surface area contributed by atoms with Gasteiger partial charge in [0.15, 0.2) is 6.61 Å². The van der Waals surface area contributed by atoms with Crippen LogP contribution in [0.1, 0.15) is 25.8 Å². The van der Waals surface area contributed by atoms with Gasteiger partial charge in [0.1, 0.15) is 17.1 Å². The van der Waals surface area contributed by atoms with E-state index < -0.39 is 11.8 Å². The number of rotatable bonds is 6. The summed E-state index contributed by atoms with van der Waals surface area (Å²) in [4.78, 5) is 22.8. The fraction of sp³-hybridized carbons (Fsp3) is 0.412. The molecule has 0 bridgehead atoms. The van der Waals surface area contributed by atoms with E-state index in [1.165, 1.54) is 0 Å². The average Bonchev–Trinajstić information content (AvgIpc) is 2.79. The van der Waals surface area contributed by atoms with Crippen molar-refractivity contribution in [2.45, 2.75) is 26.7 Å². The molecule has 1 saturated heterocycles. The zero-order valence-corrected chi connectivity index (χ0v) is 12.8. The Morgan fingerprint density at radius 2 is 1.95 bits per heavy atom. The summed E-state index contributed by atoms with van der Waals surface area (Å²) in [6.45, 7) is 4.64. The van der Waals surface area contributed by atoms with Crippen LogP contribution >= 0.6 is 0 Å². The Labute approximate surface area is 129 Å².